The minimum Gasteiger partial charge on any atom is -0.478 e. The fraction of sp³-hybridized carbons (Fsp3) is 0.912. The Balaban J connectivity index is 10.2. The topological polar surface area (TPSA) is 148 Å². The van der Waals surface area contributed by atoms with Gasteiger partial charge >= 0.3 is 41.9 Å². The minimum absolute atomic E-state index is 0.0146. The molecular weight excluding hydrogens is 997 g/mol. The molecule has 0 spiro atoms. The molecule has 0 saturated carbocycles. The molecule has 14 nitrogen and oxygen atoms in total. The summed E-state index contributed by atoms with van der Waals surface area (Å²) >= 11 is 0. The lowest BCUT2D eigenvalue weighted by atomic mass is 10.2. The van der Waals surface area contributed by atoms with Gasteiger partial charge in [0, 0.05) is 10.8 Å². The van der Waals surface area contributed by atoms with Crippen LogP contribution in [-0.4, -0.2) is 122 Å². The highest BCUT2D eigenvalue weighted by molar-refractivity contribution is 6.98. The Kier molecular flexibility index (Phi) is 22.0. The van der Waals surface area contributed by atoms with Crippen LogP contribution in [-0.2, 0) is 54.2 Å². The van der Waals surface area contributed by atoms with Crippen molar-refractivity contribution >= 4 is 117 Å². The summed E-state index contributed by atoms with van der Waals surface area (Å²) in [7, 11) is -42.5. The van der Waals surface area contributed by atoms with Crippen molar-refractivity contribution in [2.24, 2.45) is 0 Å². The molecule has 364 valence electrons. The summed E-state index contributed by atoms with van der Waals surface area (Å²) in [6.45, 7) is 59.1. The van der Waals surface area contributed by atoms with Gasteiger partial charge in [0.05, 0.1) is 0 Å². The second-order valence-electron chi connectivity index (χ2n) is 24.5. The van der Waals surface area contributed by atoms with E-state index in [1.54, 1.807) is 6.92 Å². The molecule has 0 radical (unpaired) electrons. The molecule has 27 heteroatoms. The smallest absolute Gasteiger partial charge is 0.478 e. The SMILES string of the molecule is CCC/C(=C(/C)C(=O)O)[Si](O[Si](O[Si](C)(C)C)(O[Si](C)(C)C)O[Si](C)(C)C)(O[Si](O[Si](C)(C)C)(O[Si](C)(C)C)O[Si](C)(C)C)O[Si](O[Si](C)(C)C)(O[Si](C)(C)C)O[Si](C)(C)C. The van der Waals surface area contributed by atoms with E-state index in [0.29, 0.717) is 6.42 Å². The third kappa shape index (κ3) is 26.6. The Morgan fingerprint density at radius 2 is 0.508 bits per heavy atom. The molecule has 0 aliphatic heterocycles. The van der Waals surface area contributed by atoms with Crippen LogP contribution >= 0.6 is 0 Å². The van der Waals surface area contributed by atoms with Gasteiger partial charge in [0.2, 0.25) is 0 Å². The summed E-state index contributed by atoms with van der Waals surface area (Å²) in [6.07, 6.45) is 0.689. The van der Waals surface area contributed by atoms with Gasteiger partial charge in [-0.25, -0.2) is 4.79 Å². The fourth-order valence-electron chi connectivity index (χ4n) is 5.44. The highest BCUT2D eigenvalue weighted by atomic mass is 28.6. The number of hydrogen-bond acceptors (Lipinski definition) is 13. The predicted octanol–water partition coefficient (Wildman–Crippen LogP) is 11.7. The van der Waals surface area contributed by atoms with Crippen molar-refractivity contribution in [2.75, 3.05) is 0 Å². The van der Waals surface area contributed by atoms with E-state index < -0.39 is 117 Å². The molecule has 0 unspecified atom stereocenters. The van der Waals surface area contributed by atoms with E-state index in [9.17, 15) is 9.90 Å². The number of carbonyl (C=O) groups is 1. The molecule has 0 atom stereocenters. The van der Waals surface area contributed by atoms with Gasteiger partial charge in [-0.3, -0.25) is 0 Å². The van der Waals surface area contributed by atoms with Crippen molar-refractivity contribution in [3.8, 4) is 0 Å². The van der Waals surface area contributed by atoms with Gasteiger partial charge in [-0.05, 0) is 190 Å². The largest absolute Gasteiger partial charge is 0.640 e. The Labute approximate surface area is 387 Å². The van der Waals surface area contributed by atoms with Gasteiger partial charge in [0.15, 0.2) is 74.9 Å². The zero-order valence-electron chi connectivity index (χ0n) is 44.2. The van der Waals surface area contributed by atoms with Crippen LogP contribution in [0.3, 0.4) is 0 Å². The maximum atomic E-state index is 13.6. The summed E-state index contributed by atoms with van der Waals surface area (Å²) in [5.41, 5.74) is -0.0146. The zero-order valence-corrected chi connectivity index (χ0v) is 57.2. The average Bonchev–Trinajstić information content (AvgIpc) is 2.80. The first-order valence-electron chi connectivity index (χ1n) is 21.6. The Morgan fingerprint density at radius 3 is 0.623 bits per heavy atom. The van der Waals surface area contributed by atoms with Gasteiger partial charge in [-0.2, -0.15) is 0 Å². The van der Waals surface area contributed by atoms with E-state index in [1.807, 2.05) is 6.92 Å². The first kappa shape index (κ1) is 62.5. The molecule has 0 bridgehead atoms. The molecule has 0 aliphatic rings. The first-order chi connectivity index (χ1) is 26.3. The Morgan fingerprint density at radius 1 is 0.344 bits per heavy atom. The van der Waals surface area contributed by atoms with Crippen LogP contribution in [0.1, 0.15) is 26.7 Å². The van der Waals surface area contributed by atoms with Crippen LogP contribution in [0.4, 0.5) is 0 Å². The predicted molar refractivity (Wildman–Crippen MR) is 281 cm³/mol. The molecule has 0 aromatic carbocycles. The van der Waals surface area contributed by atoms with Gasteiger partial charge in [0.25, 0.3) is 0 Å². The van der Waals surface area contributed by atoms with Gasteiger partial charge < -0.3 is 54.5 Å². The van der Waals surface area contributed by atoms with Crippen LogP contribution < -0.4 is 0 Å². The van der Waals surface area contributed by atoms with E-state index in [0.717, 1.165) is 0 Å². The van der Waals surface area contributed by atoms with Crippen LogP contribution in [0, 0.1) is 0 Å². The third-order valence-corrected chi connectivity index (χ3v) is 44.9. The number of carboxylic acid groups (broad SMARTS) is 1. The lowest BCUT2D eigenvalue weighted by Crippen LogP contribution is -2.76. The number of allylic oxidation sites excluding steroid dienone is 1. The highest BCUT2D eigenvalue weighted by Crippen LogP contribution is 2.43. The monoisotopic (exact) mass is 1090 g/mol. The summed E-state index contributed by atoms with van der Waals surface area (Å²) < 4.78 is 88.9. The second kappa shape index (κ2) is 21.5. The van der Waals surface area contributed by atoms with Gasteiger partial charge in [-0.1, -0.05) is 13.3 Å². The quantitative estimate of drug-likeness (QED) is 0.0585. The normalized spacial score (nSPS) is 16.0. The molecule has 0 amide bonds. The molecule has 1 N–H and O–H groups in total. The summed E-state index contributed by atoms with van der Waals surface area (Å²) in [4.78, 5) is 13.6. The van der Waals surface area contributed by atoms with E-state index in [2.05, 4.69) is 177 Å². The third-order valence-electron chi connectivity index (χ3n) is 6.30. The van der Waals surface area contributed by atoms with E-state index in [1.165, 1.54) is 0 Å². The van der Waals surface area contributed by atoms with Crippen LogP contribution in [0.15, 0.2) is 10.8 Å². The van der Waals surface area contributed by atoms with Crippen LogP contribution in [0.2, 0.25) is 177 Å². The van der Waals surface area contributed by atoms with Crippen molar-refractivity contribution < 1.29 is 59.3 Å². The molecule has 0 aromatic rings. The summed E-state index contributed by atoms with van der Waals surface area (Å²) in [5, 5.41) is 11.4. The number of carboxylic acids is 1. The van der Waals surface area contributed by atoms with Crippen molar-refractivity contribution in [1.29, 1.82) is 0 Å². The van der Waals surface area contributed by atoms with Crippen molar-refractivity contribution in [2.45, 2.75) is 203 Å². The molecule has 0 fully saturated rings. The van der Waals surface area contributed by atoms with Gasteiger partial charge in [0.1, 0.15) is 0 Å². The summed E-state index contributed by atoms with van der Waals surface area (Å²) in [6, 6.07) is 0. The molecule has 0 aromatic heterocycles. The van der Waals surface area contributed by atoms with Crippen LogP contribution in [0.5, 0.6) is 0 Å². The fourth-order valence-corrected chi connectivity index (χ4v) is 50.4. The lowest BCUT2D eigenvalue weighted by molar-refractivity contribution is -0.132. The first-order valence-corrected chi connectivity index (χ1v) is 58.9. The maximum Gasteiger partial charge on any atom is 0.640 e. The standard InChI is InChI=1S/C34H92O14Si13/c1-30-31-33(32(2)34(35)36)58(46-59(37-49(3,4)5,38-50(6,7)8)39-51(9,10)11,47-60(40-52(12,13)14,41-53(15,16)17)42-54(18,19)20)48-61(43-55(21,22)23,44-56(24,25)26)45-57(27,28)29/h30-31H2,1-29H3,(H,35,36)/b33-32+. The molecular formula is C34H92O14Si13. The number of hydrogen-bond donors (Lipinski definition) is 1. The van der Waals surface area contributed by atoms with E-state index >= 15 is 0 Å². The molecule has 0 aliphatic carbocycles. The lowest BCUT2D eigenvalue weighted by Gasteiger charge is -2.51. The molecule has 0 heterocycles. The molecule has 0 saturated heterocycles. The van der Waals surface area contributed by atoms with Crippen LogP contribution in [0.25, 0.3) is 0 Å². The minimum atomic E-state index is -5.12. The van der Waals surface area contributed by atoms with E-state index in [4.69, 9.17) is 49.4 Å². The Bertz CT molecular complexity index is 1190. The second-order valence-corrected chi connectivity index (χ2v) is 77.0. The molecule has 0 rings (SSSR count). The zero-order chi connectivity index (χ0) is 49.1. The maximum absolute atomic E-state index is 13.6. The van der Waals surface area contributed by atoms with Gasteiger partial charge in [-0.15, -0.1) is 0 Å². The Hall–Kier alpha value is 1.55. The van der Waals surface area contributed by atoms with Crippen molar-refractivity contribution in [1.82, 2.24) is 0 Å². The van der Waals surface area contributed by atoms with Crippen molar-refractivity contribution in [3.05, 3.63) is 10.8 Å². The number of aliphatic carboxylic acids is 1. The molecule has 61 heavy (non-hydrogen) atoms. The highest BCUT2D eigenvalue weighted by Gasteiger charge is 2.72. The number of rotatable bonds is 28. The summed E-state index contributed by atoms with van der Waals surface area (Å²) in [5.74, 6) is -1.17. The van der Waals surface area contributed by atoms with E-state index in [-0.39, 0.29) is 17.2 Å². The van der Waals surface area contributed by atoms with Crippen molar-refractivity contribution in [3.63, 3.8) is 0 Å². The average molecular weight is 1090 g/mol.